The number of aliphatic hydroxyl groups is 2. The molecule has 0 aromatic carbocycles. The minimum absolute atomic E-state index is 0.118. The van der Waals surface area contributed by atoms with E-state index < -0.39 is 31.0 Å². The third-order valence-electron chi connectivity index (χ3n) is 3.18. The standard InChI is InChI=1S/C10H11F2N5O3/c11-7(12)6-4(18)5(19)10(20-6)17-2-16-3-8(13)14-1-15-9(3)17/h1-2,4-7,10,18-19H,(H2,13,14,15)/t4?,5?,6-,10+/m0/s1. The van der Waals surface area contributed by atoms with Crippen molar-refractivity contribution < 1.29 is 23.7 Å². The number of nitrogens with two attached hydrogens (primary N) is 1. The van der Waals surface area contributed by atoms with E-state index in [1.54, 1.807) is 0 Å². The molecular weight excluding hydrogens is 276 g/mol. The molecule has 2 aromatic heterocycles. The zero-order valence-corrected chi connectivity index (χ0v) is 9.97. The van der Waals surface area contributed by atoms with E-state index in [4.69, 9.17) is 10.5 Å². The van der Waals surface area contributed by atoms with Crippen molar-refractivity contribution in [1.29, 1.82) is 0 Å². The number of halogens is 2. The Morgan fingerprint density at radius 3 is 2.65 bits per heavy atom. The number of hydrogen-bond acceptors (Lipinski definition) is 7. The lowest BCUT2D eigenvalue weighted by atomic mass is 10.1. The fourth-order valence-corrected chi connectivity index (χ4v) is 2.18. The van der Waals surface area contributed by atoms with Gasteiger partial charge in [-0.3, -0.25) is 4.57 Å². The molecule has 4 atom stereocenters. The maximum atomic E-state index is 12.7. The summed E-state index contributed by atoms with van der Waals surface area (Å²) in [5.74, 6) is 0.118. The first-order valence-electron chi connectivity index (χ1n) is 5.73. The van der Waals surface area contributed by atoms with Crippen molar-refractivity contribution in [1.82, 2.24) is 19.5 Å². The molecule has 108 valence electrons. The second-order valence-electron chi connectivity index (χ2n) is 4.39. The Bertz CT molecular complexity index is 636. The second-order valence-corrected chi connectivity index (χ2v) is 4.39. The number of aliphatic hydroxyl groups excluding tert-OH is 2. The van der Waals surface area contributed by atoms with Gasteiger partial charge in [-0.1, -0.05) is 0 Å². The van der Waals surface area contributed by atoms with E-state index in [0.29, 0.717) is 0 Å². The van der Waals surface area contributed by atoms with Crippen molar-refractivity contribution in [2.45, 2.75) is 31.0 Å². The zero-order valence-electron chi connectivity index (χ0n) is 9.97. The first kappa shape index (κ1) is 13.1. The molecule has 0 amide bonds. The average molecular weight is 287 g/mol. The van der Waals surface area contributed by atoms with Crippen LogP contribution >= 0.6 is 0 Å². The van der Waals surface area contributed by atoms with Crippen LogP contribution in [0.3, 0.4) is 0 Å². The van der Waals surface area contributed by atoms with Crippen molar-refractivity contribution in [3.63, 3.8) is 0 Å². The number of ether oxygens (including phenoxy) is 1. The van der Waals surface area contributed by atoms with E-state index in [2.05, 4.69) is 15.0 Å². The Balaban J connectivity index is 2.02. The highest BCUT2D eigenvalue weighted by atomic mass is 19.3. The summed E-state index contributed by atoms with van der Waals surface area (Å²) in [6.07, 6.45) is -6.71. The van der Waals surface area contributed by atoms with Crippen LogP contribution in [0.1, 0.15) is 6.23 Å². The van der Waals surface area contributed by atoms with Crippen LogP contribution in [-0.2, 0) is 4.74 Å². The van der Waals surface area contributed by atoms with Crippen LogP contribution in [-0.4, -0.2) is 54.5 Å². The fourth-order valence-electron chi connectivity index (χ4n) is 2.18. The summed E-state index contributed by atoms with van der Waals surface area (Å²) < 4.78 is 31.6. The molecule has 10 heteroatoms. The van der Waals surface area contributed by atoms with Gasteiger partial charge in [-0.15, -0.1) is 0 Å². The number of nitrogen functional groups attached to an aromatic ring is 1. The van der Waals surface area contributed by atoms with E-state index >= 15 is 0 Å². The van der Waals surface area contributed by atoms with Gasteiger partial charge in [0.15, 0.2) is 17.7 Å². The molecule has 0 radical (unpaired) electrons. The summed E-state index contributed by atoms with van der Waals surface area (Å²) in [5.41, 5.74) is 6.09. The first-order valence-corrected chi connectivity index (χ1v) is 5.73. The van der Waals surface area contributed by atoms with Crippen molar-refractivity contribution in [3.8, 4) is 0 Å². The fraction of sp³-hybridized carbons (Fsp3) is 0.500. The Morgan fingerprint density at radius 1 is 1.25 bits per heavy atom. The Kier molecular flexibility index (Phi) is 3.00. The lowest BCUT2D eigenvalue weighted by Gasteiger charge is -2.16. The highest BCUT2D eigenvalue weighted by molar-refractivity contribution is 5.81. The van der Waals surface area contributed by atoms with Crippen molar-refractivity contribution in [2.24, 2.45) is 0 Å². The third kappa shape index (κ3) is 1.80. The molecule has 2 aromatic rings. The van der Waals surface area contributed by atoms with Crippen LogP contribution in [0.15, 0.2) is 12.7 Å². The summed E-state index contributed by atoms with van der Waals surface area (Å²) in [5, 5.41) is 19.4. The predicted molar refractivity (Wildman–Crippen MR) is 61.7 cm³/mol. The molecule has 3 heterocycles. The highest BCUT2D eigenvalue weighted by Crippen LogP contribution is 2.34. The number of hydrogen-bond donors (Lipinski definition) is 3. The Hall–Kier alpha value is -1.91. The molecule has 0 spiro atoms. The normalized spacial score (nSPS) is 30.4. The maximum absolute atomic E-state index is 12.7. The lowest BCUT2D eigenvalue weighted by Crippen LogP contribution is -2.35. The summed E-state index contributed by atoms with van der Waals surface area (Å²) in [7, 11) is 0. The molecule has 1 aliphatic rings. The van der Waals surface area contributed by atoms with Crippen LogP contribution in [0.2, 0.25) is 0 Å². The highest BCUT2D eigenvalue weighted by Gasteiger charge is 2.48. The van der Waals surface area contributed by atoms with Gasteiger partial charge in [0.1, 0.15) is 30.2 Å². The lowest BCUT2D eigenvalue weighted by molar-refractivity contribution is -0.0969. The van der Waals surface area contributed by atoms with Gasteiger partial charge in [0, 0.05) is 0 Å². The van der Waals surface area contributed by atoms with Crippen LogP contribution in [0, 0.1) is 0 Å². The largest absolute Gasteiger partial charge is 0.387 e. The van der Waals surface area contributed by atoms with Gasteiger partial charge < -0.3 is 20.7 Å². The van der Waals surface area contributed by atoms with Crippen molar-refractivity contribution >= 4 is 17.0 Å². The van der Waals surface area contributed by atoms with E-state index in [1.165, 1.54) is 17.2 Å². The molecule has 2 unspecified atom stereocenters. The Labute approximate surface area is 110 Å². The van der Waals surface area contributed by atoms with E-state index in [1.807, 2.05) is 0 Å². The summed E-state index contributed by atoms with van der Waals surface area (Å²) in [4.78, 5) is 11.6. The van der Waals surface area contributed by atoms with E-state index in [-0.39, 0.29) is 17.0 Å². The van der Waals surface area contributed by atoms with Gasteiger partial charge >= 0.3 is 0 Å². The molecule has 1 aliphatic heterocycles. The number of anilines is 1. The van der Waals surface area contributed by atoms with Crippen molar-refractivity contribution in [3.05, 3.63) is 12.7 Å². The molecule has 0 aliphatic carbocycles. The van der Waals surface area contributed by atoms with Gasteiger partial charge in [-0.05, 0) is 0 Å². The second kappa shape index (κ2) is 4.58. The maximum Gasteiger partial charge on any atom is 0.267 e. The van der Waals surface area contributed by atoms with Crippen LogP contribution in [0.25, 0.3) is 11.2 Å². The molecule has 3 rings (SSSR count). The number of rotatable bonds is 2. The molecule has 0 saturated carbocycles. The molecule has 20 heavy (non-hydrogen) atoms. The van der Waals surface area contributed by atoms with Crippen molar-refractivity contribution in [2.75, 3.05) is 5.73 Å². The molecule has 4 N–H and O–H groups in total. The summed E-state index contributed by atoms with van der Waals surface area (Å²) in [6, 6.07) is 0. The number of fused-ring (bicyclic) bond motifs is 1. The van der Waals surface area contributed by atoms with Gasteiger partial charge in [0.05, 0.1) is 6.33 Å². The van der Waals surface area contributed by atoms with Gasteiger partial charge in [-0.25, -0.2) is 23.7 Å². The predicted octanol–water partition coefficient (Wildman–Crippen LogP) is -0.707. The average Bonchev–Trinajstić information content (AvgIpc) is 2.94. The monoisotopic (exact) mass is 287 g/mol. The Morgan fingerprint density at radius 2 is 2.00 bits per heavy atom. The number of aromatic nitrogens is 4. The van der Waals surface area contributed by atoms with Gasteiger partial charge in [-0.2, -0.15) is 0 Å². The minimum atomic E-state index is -2.92. The van der Waals surface area contributed by atoms with Crippen LogP contribution in [0.5, 0.6) is 0 Å². The number of imidazole rings is 1. The molecular formula is C10H11F2N5O3. The van der Waals surface area contributed by atoms with Gasteiger partial charge in [0.25, 0.3) is 6.43 Å². The van der Waals surface area contributed by atoms with E-state index in [9.17, 15) is 19.0 Å². The summed E-state index contributed by atoms with van der Waals surface area (Å²) >= 11 is 0. The van der Waals surface area contributed by atoms with E-state index in [0.717, 1.165) is 0 Å². The van der Waals surface area contributed by atoms with Crippen LogP contribution < -0.4 is 5.73 Å². The SMILES string of the molecule is Nc1ncnc2c1ncn2[C@@H]1O[C@H](C(F)F)C(O)C1O. The van der Waals surface area contributed by atoms with Crippen LogP contribution in [0.4, 0.5) is 14.6 Å². The first-order chi connectivity index (χ1) is 9.50. The number of alkyl halides is 2. The minimum Gasteiger partial charge on any atom is -0.387 e. The molecule has 1 fully saturated rings. The third-order valence-corrected chi connectivity index (χ3v) is 3.18. The molecule has 8 nitrogen and oxygen atoms in total. The molecule has 1 saturated heterocycles. The smallest absolute Gasteiger partial charge is 0.267 e. The summed E-state index contributed by atoms with van der Waals surface area (Å²) in [6.45, 7) is 0. The quantitative estimate of drug-likeness (QED) is 0.667. The molecule has 0 bridgehead atoms. The topological polar surface area (TPSA) is 119 Å². The number of nitrogens with zero attached hydrogens (tertiary/aromatic N) is 4. The zero-order chi connectivity index (χ0) is 14.4. The van der Waals surface area contributed by atoms with Gasteiger partial charge in [0.2, 0.25) is 0 Å².